The van der Waals surface area contributed by atoms with Gasteiger partial charge in [0.1, 0.15) is 0 Å². The van der Waals surface area contributed by atoms with Gasteiger partial charge in [-0.05, 0) is 23.6 Å². The average molecular weight is 323 g/mol. The zero-order valence-electron chi connectivity index (χ0n) is 13.2. The van der Waals surface area contributed by atoms with E-state index in [0.717, 1.165) is 11.1 Å². The number of benzene rings is 2. The van der Waals surface area contributed by atoms with Gasteiger partial charge >= 0.3 is 0 Å². The van der Waals surface area contributed by atoms with Crippen molar-refractivity contribution >= 4 is 23.9 Å². The van der Waals surface area contributed by atoms with Crippen molar-refractivity contribution in [3.05, 3.63) is 81.4 Å². The Bertz CT molecular complexity index is 766. The molecule has 0 heterocycles. The lowest BCUT2D eigenvalue weighted by atomic mass is 10.1. The minimum atomic E-state index is -0.476. The molecule has 0 spiro atoms. The monoisotopic (exact) mass is 323 g/mol. The summed E-state index contributed by atoms with van der Waals surface area (Å²) in [5, 5.41) is 14.5. The number of nitro benzene ring substituents is 1. The first kappa shape index (κ1) is 17.1. The quantitative estimate of drug-likeness (QED) is 0.502. The molecule has 0 atom stereocenters. The van der Waals surface area contributed by atoms with Gasteiger partial charge in [-0.15, -0.1) is 0 Å². The van der Waals surface area contributed by atoms with Crippen LogP contribution in [-0.2, 0) is 11.2 Å². The maximum Gasteiger partial charge on any atom is 0.269 e. The molecule has 1 N–H and O–H groups in total. The maximum absolute atomic E-state index is 11.8. The first-order valence-corrected chi connectivity index (χ1v) is 7.33. The molecular formula is C18H17N3O3. The molecule has 1 amide bonds. The van der Waals surface area contributed by atoms with E-state index in [9.17, 15) is 14.9 Å². The predicted octanol–water partition coefficient (Wildman–Crippen LogP) is 3.34. The predicted molar refractivity (Wildman–Crippen MR) is 93.5 cm³/mol. The van der Waals surface area contributed by atoms with Crippen LogP contribution in [0.4, 0.5) is 5.69 Å². The van der Waals surface area contributed by atoms with Crippen LogP contribution in [0.5, 0.6) is 0 Å². The highest BCUT2D eigenvalue weighted by atomic mass is 16.6. The Morgan fingerprint density at radius 1 is 1.17 bits per heavy atom. The fraction of sp³-hybridized carbons (Fsp3) is 0.111. The van der Waals surface area contributed by atoms with Crippen molar-refractivity contribution in [2.24, 2.45) is 5.10 Å². The van der Waals surface area contributed by atoms with E-state index in [2.05, 4.69) is 10.5 Å². The van der Waals surface area contributed by atoms with Crippen molar-refractivity contribution in [2.75, 3.05) is 0 Å². The third-order valence-corrected chi connectivity index (χ3v) is 3.16. The van der Waals surface area contributed by atoms with Crippen LogP contribution in [0.3, 0.4) is 0 Å². The molecule has 2 rings (SSSR count). The molecule has 0 aromatic heterocycles. The van der Waals surface area contributed by atoms with Crippen molar-refractivity contribution in [1.29, 1.82) is 0 Å². The van der Waals surface area contributed by atoms with Crippen LogP contribution in [0.2, 0.25) is 0 Å². The van der Waals surface area contributed by atoms with E-state index in [1.54, 1.807) is 18.3 Å². The summed E-state index contributed by atoms with van der Waals surface area (Å²) in [4.78, 5) is 21.9. The minimum absolute atomic E-state index is 0.00106. The first-order chi connectivity index (χ1) is 11.5. The summed E-state index contributed by atoms with van der Waals surface area (Å²) in [6.07, 6.45) is 3.63. The molecule has 122 valence electrons. The van der Waals surface area contributed by atoms with Gasteiger partial charge in [0.2, 0.25) is 5.91 Å². The number of rotatable bonds is 6. The molecule has 2 aromatic rings. The number of allylic oxidation sites excluding steroid dienone is 1. The lowest BCUT2D eigenvalue weighted by molar-refractivity contribution is -0.384. The normalized spacial score (nSPS) is 11.5. The van der Waals surface area contributed by atoms with Gasteiger partial charge in [0.15, 0.2) is 0 Å². The number of carbonyl (C=O) groups is 1. The average Bonchev–Trinajstić information content (AvgIpc) is 2.56. The number of carbonyl (C=O) groups excluding carboxylic acids is 1. The van der Waals surface area contributed by atoms with E-state index in [1.165, 1.54) is 12.1 Å². The molecule has 2 aromatic carbocycles. The Morgan fingerprint density at radius 2 is 1.83 bits per heavy atom. The molecule has 0 unspecified atom stereocenters. The number of non-ortho nitro benzene ring substituents is 1. The highest BCUT2D eigenvalue weighted by Gasteiger charge is 2.06. The van der Waals surface area contributed by atoms with E-state index < -0.39 is 4.92 Å². The molecule has 0 saturated carbocycles. The molecule has 0 bridgehead atoms. The Hall–Kier alpha value is -3.28. The largest absolute Gasteiger partial charge is 0.273 e. The molecule has 0 aliphatic carbocycles. The Balaban J connectivity index is 1.86. The molecule has 0 aliphatic heterocycles. The maximum atomic E-state index is 11.8. The highest BCUT2D eigenvalue weighted by molar-refractivity contribution is 5.86. The number of hydrogen-bond acceptors (Lipinski definition) is 4. The van der Waals surface area contributed by atoms with Crippen LogP contribution in [0, 0.1) is 10.1 Å². The van der Waals surface area contributed by atoms with Crippen LogP contribution >= 0.6 is 0 Å². The lowest BCUT2D eigenvalue weighted by Crippen LogP contribution is -2.19. The molecular weight excluding hydrogens is 306 g/mol. The lowest BCUT2D eigenvalue weighted by Gasteiger charge is -2.00. The number of nitro groups is 1. The van der Waals surface area contributed by atoms with E-state index in [-0.39, 0.29) is 18.0 Å². The summed E-state index contributed by atoms with van der Waals surface area (Å²) in [7, 11) is 0. The molecule has 0 aliphatic rings. The summed E-state index contributed by atoms with van der Waals surface area (Å²) in [5.41, 5.74) is 5.08. The number of nitrogens with zero attached hydrogens (tertiary/aromatic N) is 2. The molecule has 0 radical (unpaired) electrons. The van der Waals surface area contributed by atoms with Gasteiger partial charge < -0.3 is 0 Å². The van der Waals surface area contributed by atoms with Gasteiger partial charge in [0.25, 0.3) is 5.69 Å². The first-order valence-electron chi connectivity index (χ1n) is 7.33. The van der Waals surface area contributed by atoms with Gasteiger partial charge in [-0.25, -0.2) is 5.43 Å². The summed E-state index contributed by atoms with van der Waals surface area (Å²) < 4.78 is 0. The second kappa shape index (κ2) is 8.38. The summed E-state index contributed by atoms with van der Waals surface area (Å²) >= 11 is 0. The van der Waals surface area contributed by atoms with Crippen LogP contribution in [0.15, 0.2) is 65.3 Å². The van der Waals surface area contributed by atoms with Gasteiger partial charge in [0, 0.05) is 12.1 Å². The third-order valence-electron chi connectivity index (χ3n) is 3.16. The van der Waals surface area contributed by atoms with E-state index >= 15 is 0 Å². The van der Waals surface area contributed by atoms with E-state index in [0.29, 0.717) is 5.56 Å². The van der Waals surface area contributed by atoms with Gasteiger partial charge in [-0.3, -0.25) is 14.9 Å². The van der Waals surface area contributed by atoms with Crippen LogP contribution in [0.1, 0.15) is 18.1 Å². The van der Waals surface area contributed by atoms with Crippen LogP contribution in [-0.4, -0.2) is 17.0 Å². The van der Waals surface area contributed by atoms with Gasteiger partial charge in [-0.2, -0.15) is 5.10 Å². The van der Waals surface area contributed by atoms with Crippen molar-refractivity contribution in [2.45, 2.75) is 13.3 Å². The molecule has 24 heavy (non-hydrogen) atoms. The van der Waals surface area contributed by atoms with Crippen molar-refractivity contribution < 1.29 is 9.72 Å². The van der Waals surface area contributed by atoms with Crippen molar-refractivity contribution in [1.82, 2.24) is 5.43 Å². The van der Waals surface area contributed by atoms with Gasteiger partial charge in [0.05, 0.1) is 17.6 Å². The fourth-order valence-corrected chi connectivity index (χ4v) is 2.02. The van der Waals surface area contributed by atoms with Crippen LogP contribution < -0.4 is 5.43 Å². The highest BCUT2D eigenvalue weighted by Crippen LogP contribution is 2.12. The summed E-state index contributed by atoms with van der Waals surface area (Å²) in [6, 6.07) is 15.7. The number of hydrazone groups is 1. The SMILES string of the molecule is CC(C=NNC(=O)Cc1ccc([N+](=O)[O-])cc1)=Cc1ccccc1. The molecule has 6 nitrogen and oxygen atoms in total. The second-order valence-electron chi connectivity index (χ2n) is 5.19. The van der Waals surface area contributed by atoms with Crippen molar-refractivity contribution in [3.63, 3.8) is 0 Å². The Labute approximate surface area is 139 Å². The second-order valence-corrected chi connectivity index (χ2v) is 5.19. The van der Waals surface area contributed by atoms with E-state index in [1.807, 2.05) is 43.3 Å². The Morgan fingerprint density at radius 3 is 2.46 bits per heavy atom. The number of amides is 1. The van der Waals surface area contributed by atoms with Gasteiger partial charge in [-0.1, -0.05) is 48.5 Å². The zero-order valence-corrected chi connectivity index (χ0v) is 13.2. The third kappa shape index (κ3) is 5.49. The number of hydrogen-bond donors (Lipinski definition) is 1. The standard InChI is InChI=1S/C18H17N3O3/c1-14(11-15-5-3-2-4-6-15)13-19-20-18(22)12-16-7-9-17(10-8-16)21(23)24/h2-11,13H,12H2,1H3,(H,20,22). The Kier molecular flexibility index (Phi) is 5.96. The molecule has 0 saturated heterocycles. The molecule has 0 fully saturated rings. The van der Waals surface area contributed by atoms with Crippen LogP contribution in [0.25, 0.3) is 6.08 Å². The number of nitrogens with one attached hydrogen (secondary N) is 1. The minimum Gasteiger partial charge on any atom is -0.273 e. The summed E-state index contributed by atoms with van der Waals surface area (Å²) in [6.45, 7) is 1.89. The topological polar surface area (TPSA) is 84.6 Å². The zero-order chi connectivity index (χ0) is 17.4. The summed E-state index contributed by atoms with van der Waals surface area (Å²) in [5.74, 6) is -0.285. The fourth-order valence-electron chi connectivity index (χ4n) is 2.02. The smallest absolute Gasteiger partial charge is 0.269 e. The van der Waals surface area contributed by atoms with Crippen molar-refractivity contribution in [3.8, 4) is 0 Å². The molecule has 6 heteroatoms. The van der Waals surface area contributed by atoms with E-state index in [4.69, 9.17) is 0 Å².